The molecule has 2 aromatic rings. The van der Waals surface area contributed by atoms with E-state index in [1.54, 1.807) is 0 Å². The summed E-state index contributed by atoms with van der Waals surface area (Å²) in [5, 5.41) is 15.4. The number of benzene rings is 2. The summed E-state index contributed by atoms with van der Waals surface area (Å²) < 4.78 is 13.3. The maximum Gasteiger partial charge on any atom is 0.224 e. The molecular formula is C34H49N3O5. The number of nitrogens with one attached hydrogen (secondary N) is 2. The maximum atomic E-state index is 12.6. The molecule has 0 radical (unpaired) electrons. The van der Waals surface area contributed by atoms with Crippen LogP contribution in [0.1, 0.15) is 101 Å². The number of carbonyl (C=O) groups is 2. The van der Waals surface area contributed by atoms with Gasteiger partial charge in [0, 0.05) is 43.6 Å². The number of amides is 2. The van der Waals surface area contributed by atoms with Crippen LogP contribution in [-0.2, 0) is 25.7 Å². The molecule has 2 aromatic carbocycles. The molecule has 42 heavy (non-hydrogen) atoms. The summed E-state index contributed by atoms with van der Waals surface area (Å²) in [5.41, 5.74) is 3.56. The number of aliphatic hydroxyl groups is 1. The molecule has 4 atom stereocenters. The first-order valence-corrected chi connectivity index (χ1v) is 15.8. The molecule has 230 valence electrons. The molecule has 2 amide bonds. The molecule has 2 fully saturated rings. The largest absolute Gasteiger partial charge is 0.392 e. The van der Waals surface area contributed by atoms with Gasteiger partial charge in [-0.25, -0.2) is 0 Å². The zero-order valence-electron chi connectivity index (χ0n) is 25.4. The van der Waals surface area contributed by atoms with Crippen LogP contribution in [0.5, 0.6) is 0 Å². The quantitative estimate of drug-likeness (QED) is 0.272. The van der Waals surface area contributed by atoms with E-state index in [-0.39, 0.29) is 36.5 Å². The average molecular weight is 580 g/mol. The van der Waals surface area contributed by atoms with Crippen molar-refractivity contribution in [2.75, 3.05) is 31.5 Å². The van der Waals surface area contributed by atoms with Crippen LogP contribution in [0.25, 0.3) is 0 Å². The second-order valence-electron chi connectivity index (χ2n) is 11.9. The molecule has 2 saturated heterocycles. The molecule has 0 unspecified atom stereocenters. The summed E-state index contributed by atoms with van der Waals surface area (Å²) in [4.78, 5) is 26.2. The minimum absolute atomic E-state index is 0.0126. The number of unbranched alkanes of at least 4 members (excludes halogenated alkanes) is 2. The highest BCUT2D eigenvalue weighted by atomic mass is 16.7. The first kappa shape index (κ1) is 32.1. The Morgan fingerprint density at radius 1 is 0.929 bits per heavy atom. The number of hydrogen-bond acceptors (Lipinski definition) is 6. The zero-order valence-corrected chi connectivity index (χ0v) is 25.4. The van der Waals surface area contributed by atoms with Crippen LogP contribution in [0, 0.1) is 5.92 Å². The van der Waals surface area contributed by atoms with Crippen LogP contribution in [-0.4, -0.2) is 54.1 Å². The van der Waals surface area contributed by atoms with Gasteiger partial charge in [0.25, 0.3) is 0 Å². The van der Waals surface area contributed by atoms with Crippen LogP contribution in [0.2, 0.25) is 0 Å². The normalized spacial score (nSPS) is 23.5. The lowest BCUT2D eigenvalue weighted by Gasteiger charge is -2.43. The lowest BCUT2D eigenvalue weighted by molar-refractivity contribution is -0.276. The minimum atomic E-state index is -0.561. The third kappa shape index (κ3) is 9.90. The monoisotopic (exact) mass is 579 g/mol. The SMILES string of the molecule is CC(=O)NCCCCCC(=O)Nc1cccc([C@H]2O[C@@H](CN3CCCCCCC3)[C@@H](C)[C@@H](c3ccc(CO)cc3)O2)c1. The van der Waals surface area contributed by atoms with Crippen molar-refractivity contribution in [2.24, 2.45) is 5.92 Å². The van der Waals surface area contributed by atoms with E-state index >= 15 is 0 Å². The van der Waals surface area contributed by atoms with E-state index in [4.69, 9.17) is 9.47 Å². The molecule has 8 nitrogen and oxygen atoms in total. The number of rotatable bonds is 12. The third-order valence-corrected chi connectivity index (χ3v) is 8.41. The first-order chi connectivity index (χ1) is 20.4. The average Bonchev–Trinajstić information content (AvgIpc) is 2.97. The van der Waals surface area contributed by atoms with E-state index in [9.17, 15) is 14.7 Å². The van der Waals surface area contributed by atoms with E-state index in [2.05, 4.69) is 34.6 Å². The summed E-state index contributed by atoms with van der Waals surface area (Å²) in [6.07, 6.45) is 8.58. The second kappa shape index (κ2) is 16.8. The van der Waals surface area contributed by atoms with Gasteiger partial charge in [0.1, 0.15) is 0 Å². The summed E-state index contributed by atoms with van der Waals surface area (Å²) in [6, 6.07) is 15.8. The summed E-state index contributed by atoms with van der Waals surface area (Å²) in [5.74, 6) is 0.0883. The highest BCUT2D eigenvalue weighted by molar-refractivity contribution is 5.90. The Labute approximate surface area is 251 Å². The fraction of sp³-hybridized carbons (Fsp3) is 0.588. The fourth-order valence-electron chi connectivity index (χ4n) is 5.92. The number of likely N-dealkylation sites (tertiary alicyclic amines) is 1. The van der Waals surface area contributed by atoms with Gasteiger partial charge in [0.2, 0.25) is 11.8 Å². The van der Waals surface area contributed by atoms with E-state index in [0.717, 1.165) is 61.3 Å². The highest BCUT2D eigenvalue weighted by Gasteiger charge is 2.39. The van der Waals surface area contributed by atoms with Gasteiger partial charge in [0.05, 0.1) is 18.8 Å². The lowest BCUT2D eigenvalue weighted by atomic mass is 9.89. The Morgan fingerprint density at radius 2 is 1.67 bits per heavy atom. The predicted octanol–water partition coefficient (Wildman–Crippen LogP) is 5.87. The fourth-order valence-corrected chi connectivity index (χ4v) is 5.92. The third-order valence-electron chi connectivity index (χ3n) is 8.41. The van der Waals surface area contributed by atoms with Gasteiger partial charge in [-0.1, -0.05) is 69.0 Å². The van der Waals surface area contributed by atoms with Gasteiger partial charge in [-0.2, -0.15) is 0 Å². The zero-order chi connectivity index (χ0) is 29.7. The minimum Gasteiger partial charge on any atom is -0.392 e. The van der Waals surface area contributed by atoms with Crippen molar-refractivity contribution in [3.63, 3.8) is 0 Å². The topological polar surface area (TPSA) is 100 Å². The maximum absolute atomic E-state index is 12.6. The number of carbonyl (C=O) groups excluding carboxylic acids is 2. The number of anilines is 1. The molecule has 0 aromatic heterocycles. The Kier molecular flexibility index (Phi) is 12.8. The molecule has 2 heterocycles. The summed E-state index contributed by atoms with van der Waals surface area (Å²) in [6.45, 7) is 7.45. The van der Waals surface area contributed by atoms with Crippen molar-refractivity contribution in [2.45, 2.75) is 96.7 Å². The second-order valence-corrected chi connectivity index (χ2v) is 11.9. The van der Waals surface area contributed by atoms with Gasteiger partial charge in [-0.15, -0.1) is 0 Å². The summed E-state index contributed by atoms with van der Waals surface area (Å²) >= 11 is 0. The van der Waals surface area contributed by atoms with Crippen LogP contribution in [0.4, 0.5) is 5.69 Å². The van der Waals surface area contributed by atoms with Gasteiger partial charge in [-0.3, -0.25) is 9.59 Å². The molecule has 3 N–H and O–H groups in total. The van der Waals surface area contributed by atoms with E-state index in [1.807, 2.05) is 36.4 Å². The van der Waals surface area contributed by atoms with Crippen LogP contribution < -0.4 is 10.6 Å². The van der Waals surface area contributed by atoms with Crippen molar-refractivity contribution in [3.05, 3.63) is 65.2 Å². The highest BCUT2D eigenvalue weighted by Crippen LogP contribution is 2.42. The van der Waals surface area contributed by atoms with Crippen molar-refractivity contribution in [1.29, 1.82) is 0 Å². The molecule has 0 bridgehead atoms. The number of hydrogen-bond donors (Lipinski definition) is 3. The smallest absolute Gasteiger partial charge is 0.224 e. The Morgan fingerprint density at radius 3 is 2.38 bits per heavy atom. The van der Waals surface area contributed by atoms with Crippen molar-refractivity contribution < 1.29 is 24.2 Å². The van der Waals surface area contributed by atoms with Gasteiger partial charge in [-0.05, 0) is 62.0 Å². The Balaban J connectivity index is 1.43. The van der Waals surface area contributed by atoms with E-state index in [1.165, 1.54) is 39.0 Å². The standard InChI is InChI=1S/C34H49N3O5/c1-25-31(23-37-20-9-4-3-5-10-21-37)41-34(42-33(25)28-17-15-27(24-38)16-18-28)29-12-11-13-30(22-29)36-32(40)14-7-6-8-19-35-26(2)39/h11-13,15-18,22,25,31,33-34,38H,3-10,14,19-21,23-24H2,1-2H3,(H,35,39)(H,36,40)/t25-,31+,33+,34+/m1/s1. The van der Waals surface area contributed by atoms with Gasteiger partial charge < -0.3 is 30.1 Å². The van der Waals surface area contributed by atoms with E-state index < -0.39 is 6.29 Å². The molecule has 2 aliphatic rings. The van der Waals surface area contributed by atoms with Crippen molar-refractivity contribution >= 4 is 17.5 Å². The molecule has 2 aliphatic heterocycles. The number of nitrogens with zero attached hydrogens (tertiary/aromatic N) is 1. The Bertz CT molecular complexity index is 1120. The number of ether oxygens (including phenoxy) is 2. The van der Waals surface area contributed by atoms with Crippen LogP contribution >= 0.6 is 0 Å². The molecule has 0 spiro atoms. The molecular weight excluding hydrogens is 530 g/mol. The molecule has 4 rings (SSSR count). The number of aliphatic hydroxyl groups excluding tert-OH is 1. The molecule has 0 saturated carbocycles. The summed E-state index contributed by atoms with van der Waals surface area (Å²) in [7, 11) is 0. The van der Waals surface area contributed by atoms with Crippen molar-refractivity contribution in [3.8, 4) is 0 Å². The van der Waals surface area contributed by atoms with Gasteiger partial charge >= 0.3 is 0 Å². The van der Waals surface area contributed by atoms with E-state index in [0.29, 0.717) is 13.0 Å². The van der Waals surface area contributed by atoms with Crippen molar-refractivity contribution in [1.82, 2.24) is 10.2 Å². The predicted molar refractivity (Wildman–Crippen MR) is 165 cm³/mol. The first-order valence-electron chi connectivity index (χ1n) is 15.8. The Hall–Kier alpha value is -2.78. The molecule has 0 aliphatic carbocycles. The van der Waals surface area contributed by atoms with Crippen LogP contribution in [0.3, 0.4) is 0 Å². The lowest BCUT2D eigenvalue weighted by Crippen LogP contribution is -2.45. The van der Waals surface area contributed by atoms with Crippen LogP contribution in [0.15, 0.2) is 48.5 Å². The van der Waals surface area contributed by atoms with Gasteiger partial charge in [0.15, 0.2) is 6.29 Å². The molecule has 8 heteroatoms.